The molecule has 0 aliphatic carbocycles. The summed E-state index contributed by atoms with van der Waals surface area (Å²) in [6, 6.07) is 5.08. The number of nitrogens with zero attached hydrogens (tertiary/aromatic N) is 1. The number of carbonyl (C=O) groups excluding carboxylic acids is 1. The van der Waals surface area contributed by atoms with Gasteiger partial charge in [0.25, 0.3) is 0 Å². The lowest BCUT2D eigenvalue weighted by Gasteiger charge is -2.28. The van der Waals surface area contributed by atoms with E-state index in [0.29, 0.717) is 29.8 Å². The van der Waals surface area contributed by atoms with Gasteiger partial charge in [-0.05, 0) is 31.8 Å². The minimum atomic E-state index is -0.457. The highest BCUT2D eigenvalue weighted by Gasteiger charge is 2.24. The Morgan fingerprint density at radius 3 is 2.67 bits per heavy atom. The number of nitrogens with one attached hydrogen (secondary N) is 1. The molecule has 2 rings (SSSR count). The Hall–Kier alpha value is -1.01. The predicted octanol–water partition coefficient (Wildman–Crippen LogP) is 2.72. The molecule has 21 heavy (non-hydrogen) atoms. The van der Waals surface area contributed by atoms with Gasteiger partial charge in [0.15, 0.2) is 6.10 Å². The Bertz CT molecular complexity index is 507. The molecule has 1 unspecified atom stereocenters. The fourth-order valence-corrected chi connectivity index (χ4v) is 2.24. The van der Waals surface area contributed by atoms with Crippen molar-refractivity contribution in [2.24, 2.45) is 0 Å². The summed E-state index contributed by atoms with van der Waals surface area (Å²) in [5.74, 6) is 0. The van der Waals surface area contributed by atoms with Crippen LogP contribution in [-0.4, -0.2) is 51.0 Å². The van der Waals surface area contributed by atoms with Gasteiger partial charge in [-0.25, -0.2) is 4.79 Å². The van der Waals surface area contributed by atoms with Crippen molar-refractivity contribution in [3.05, 3.63) is 33.8 Å². The molecular weight excluding hydrogens is 315 g/mol. The van der Waals surface area contributed by atoms with E-state index in [0.717, 1.165) is 5.56 Å². The minimum absolute atomic E-state index is 0.154. The standard InChI is InChI=1S/C14H18Cl2N2O3/c1-18(2)6-13(9-3-4-11(15)12(16)5-9)17-14(19)21-10-7-20-8-10/h3-5,10,13H,6-8H2,1-2H3,(H,17,19). The van der Waals surface area contributed by atoms with Crippen LogP contribution in [0.3, 0.4) is 0 Å². The summed E-state index contributed by atoms with van der Waals surface area (Å²) < 4.78 is 10.2. The third-order valence-corrected chi connectivity index (χ3v) is 3.81. The highest BCUT2D eigenvalue weighted by atomic mass is 35.5. The first-order valence-corrected chi connectivity index (χ1v) is 7.36. The van der Waals surface area contributed by atoms with Crippen molar-refractivity contribution >= 4 is 29.3 Å². The second-order valence-corrected chi connectivity index (χ2v) is 6.01. The molecule has 116 valence electrons. The molecule has 1 aliphatic heterocycles. The van der Waals surface area contributed by atoms with E-state index in [1.165, 1.54) is 0 Å². The molecule has 0 saturated carbocycles. The van der Waals surface area contributed by atoms with Crippen molar-refractivity contribution in [2.75, 3.05) is 33.9 Å². The summed E-state index contributed by atoms with van der Waals surface area (Å²) in [6.07, 6.45) is -0.611. The van der Waals surface area contributed by atoms with Crippen molar-refractivity contribution in [3.63, 3.8) is 0 Å². The second kappa shape index (κ2) is 7.31. The van der Waals surface area contributed by atoms with Crippen LogP contribution in [0.15, 0.2) is 18.2 Å². The van der Waals surface area contributed by atoms with Crippen molar-refractivity contribution in [2.45, 2.75) is 12.1 Å². The van der Waals surface area contributed by atoms with Crippen LogP contribution >= 0.6 is 23.2 Å². The van der Waals surface area contributed by atoms with Crippen molar-refractivity contribution < 1.29 is 14.3 Å². The number of alkyl carbamates (subject to hydrolysis) is 1. The van der Waals surface area contributed by atoms with E-state index in [1.807, 2.05) is 25.1 Å². The van der Waals surface area contributed by atoms with E-state index in [1.54, 1.807) is 12.1 Å². The molecular formula is C14H18Cl2N2O3. The summed E-state index contributed by atoms with van der Waals surface area (Å²) in [7, 11) is 3.86. The third-order valence-electron chi connectivity index (χ3n) is 3.07. The lowest BCUT2D eigenvalue weighted by atomic mass is 10.1. The molecule has 1 atom stereocenters. The number of ether oxygens (including phenoxy) is 2. The number of likely N-dealkylation sites (N-methyl/N-ethyl adjacent to an activating group) is 1. The maximum absolute atomic E-state index is 11.9. The Morgan fingerprint density at radius 1 is 1.43 bits per heavy atom. The Labute approximate surface area is 134 Å². The zero-order valence-corrected chi connectivity index (χ0v) is 13.4. The van der Waals surface area contributed by atoms with E-state index in [-0.39, 0.29) is 12.1 Å². The van der Waals surface area contributed by atoms with Crippen molar-refractivity contribution in [1.82, 2.24) is 10.2 Å². The van der Waals surface area contributed by atoms with E-state index in [9.17, 15) is 4.79 Å². The molecule has 1 fully saturated rings. The van der Waals surface area contributed by atoms with Crippen LogP contribution in [0.1, 0.15) is 11.6 Å². The van der Waals surface area contributed by atoms with E-state index in [4.69, 9.17) is 32.7 Å². The molecule has 0 aromatic heterocycles. The summed E-state index contributed by atoms with van der Waals surface area (Å²) in [5.41, 5.74) is 0.875. The molecule has 1 saturated heterocycles. The lowest BCUT2D eigenvalue weighted by Crippen LogP contribution is -2.43. The van der Waals surface area contributed by atoms with Gasteiger partial charge in [0.05, 0.1) is 29.3 Å². The fourth-order valence-electron chi connectivity index (χ4n) is 1.94. The van der Waals surface area contributed by atoms with Gasteiger partial charge >= 0.3 is 6.09 Å². The number of carbonyl (C=O) groups is 1. The molecule has 1 aromatic carbocycles. The van der Waals surface area contributed by atoms with Gasteiger partial charge in [0.2, 0.25) is 0 Å². The number of rotatable bonds is 5. The molecule has 0 spiro atoms. The highest BCUT2D eigenvalue weighted by molar-refractivity contribution is 6.42. The monoisotopic (exact) mass is 332 g/mol. The maximum atomic E-state index is 11.9. The summed E-state index contributed by atoms with van der Waals surface area (Å²) >= 11 is 12.0. The summed E-state index contributed by atoms with van der Waals surface area (Å²) in [5, 5.41) is 3.79. The molecule has 1 heterocycles. The molecule has 1 amide bonds. The van der Waals surface area contributed by atoms with Gasteiger partial charge in [-0.3, -0.25) is 0 Å². The van der Waals surface area contributed by atoms with Gasteiger partial charge in [0, 0.05) is 6.54 Å². The second-order valence-electron chi connectivity index (χ2n) is 5.20. The molecule has 1 aromatic rings. The lowest BCUT2D eigenvalue weighted by molar-refractivity contribution is -0.0984. The minimum Gasteiger partial charge on any atom is -0.441 e. The number of amides is 1. The van der Waals surface area contributed by atoms with Gasteiger partial charge in [-0.1, -0.05) is 29.3 Å². The first-order valence-electron chi connectivity index (χ1n) is 6.60. The van der Waals surface area contributed by atoms with Crippen LogP contribution in [0.2, 0.25) is 10.0 Å². The van der Waals surface area contributed by atoms with Crippen LogP contribution in [0.5, 0.6) is 0 Å². The SMILES string of the molecule is CN(C)CC(NC(=O)OC1COC1)c1ccc(Cl)c(Cl)c1. The third kappa shape index (κ3) is 4.74. The van der Waals surface area contributed by atoms with E-state index >= 15 is 0 Å². The van der Waals surface area contributed by atoms with Gasteiger partial charge in [-0.15, -0.1) is 0 Å². The quantitative estimate of drug-likeness (QED) is 0.900. The number of halogens is 2. The van der Waals surface area contributed by atoms with Crippen molar-refractivity contribution in [1.29, 1.82) is 0 Å². The summed E-state index contributed by atoms with van der Waals surface area (Å²) in [4.78, 5) is 13.9. The predicted molar refractivity (Wildman–Crippen MR) is 82.0 cm³/mol. The Morgan fingerprint density at radius 2 is 2.14 bits per heavy atom. The van der Waals surface area contributed by atoms with Gasteiger partial charge in [-0.2, -0.15) is 0 Å². The normalized spacial score (nSPS) is 16.4. The molecule has 1 N–H and O–H groups in total. The molecule has 7 heteroatoms. The van der Waals surface area contributed by atoms with Gasteiger partial charge < -0.3 is 19.7 Å². The van der Waals surface area contributed by atoms with Crippen LogP contribution in [0, 0.1) is 0 Å². The highest BCUT2D eigenvalue weighted by Crippen LogP contribution is 2.26. The molecule has 0 bridgehead atoms. The summed E-state index contributed by atoms with van der Waals surface area (Å²) in [6.45, 7) is 1.53. The smallest absolute Gasteiger partial charge is 0.408 e. The first-order chi connectivity index (χ1) is 9.95. The van der Waals surface area contributed by atoms with E-state index < -0.39 is 6.09 Å². The van der Waals surface area contributed by atoms with Crippen LogP contribution < -0.4 is 5.32 Å². The van der Waals surface area contributed by atoms with Gasteiger partial charge in [0.1, 0.15) is 0 Å². The van der Waals surface area contributed by atoms with Crippen LogP contribution in [0.25, 0.3) is 0 Å². The van der Waals surface area contributed by atoms with Crippen LogP contribution in [0.4, 0.5) is 4.79 Å². The fraction of sp³-hybridized carbons (Fsp3) is 0.500. The molecule has 5 nitrogen and oxygen atoms in total. The largest absolute Gasteiger partial charge is 0.441 e. The van der Waals surface area contributed by atoms with Crippen molar-refractivity contribution in [3.8, 4) is 0 Å². The number of hydrogen-bond donors (Lipinski definition) is 1. The van der Waals surface area contributed by atoms with E-state index in [2.05, 4.69) is 5.32 Å². The Balaban J connectivity index is 2.05. The topological polar surface area (TPSA) is 50.8 Å². The number of benzene rings is 1. The molecule has 0 radical (unpaired) electrons. The maximum Gasteiger partial charge on any atom is 0.408 e. The average molecular weight is 333 g/mol. The zero-order valence-electron chi connectivity index (χ0n) is 11.9. The number of hydrogen-bond acceptors (Lipinski definition) is 4. The van der Waals surface area contributed by atoms with Crippen LogP contribution in [-0.2, 0) is 9.47 Å². The average Bonchev–Trinajstić information content (AvgIpc) is 2.36. The first kappa shape index (κ1) is 16.4. The Kier molecular flexibility index (Phi) is 5.70. The molecule has 1 aliphatic rings. The zero-order chi connectivity index (χ0) is 15.4.